The van der Waals surface area contributed by atoms with Gasteiger partial charge in [-0.25, -0.2) is 13.5 Å². The molecule has 0 aliphatic rings. The Kier molecular flexibility index (Phi) is 5.57. The van der Waals surface area contributed by atoms with E-state index in [-0.39, 0.29) is 17.1 Å². The van der Waals surface area contributed by atoms with Crippen molar-refractivity contribution < 1.29 is 27.1 Å². The molecule has 0 saturated carbocycles. The Morgan fingerprint density at radius 1 is 1.18 bits per heavy atom. The maximum absolute atomic E-state index is 13.7. The summed E-state index contributed by atoms with van der Waals surface area (Å²) in [6.45, 7) is -1.18. The van der Waals surface area contributed by atoms with Crippen LogP contribution in [0.25, 0.3) is 5.69 Å². The van der Waals surface area contributed by atoms with Gasteiger partial charge in [0.05, 0.1) is 17.1 Å². The zero-order valence-electron chi connectivity index (χ0n) is 14.5. The molecule has 1 N–H and O–H groups in total. The Balaban J connectivity index is 1.86. The minimum absolute atomic E-state index is 0.0262. The molecule has 10 heteroatoms. The molecule has 0 aliphatic heterocycles. The molecule has 1 heterocycles. The van der Waals surface area contributed by atoms with Gasteiger partial charge in [0.2, 0.25) is 0 Å². The van der Waals surface area contributed by atoms with Crippen molar-refractivity contribution in [1.29, 1.82) is 0 Å². The molecule has 3 aromatic rings. The number of ether oxygens (including phenoxy) is 1. The number of nitrogens with one attached hydrogen (secondary N) is 1. The lowest BCUT2D eigenvalue weighted by molar-refractivity contribution is -0.0498. The molecule has 0 radical (unpaired) electrons. The first-order valence-corrected chi connectivity index (χ1v) is 8.15. The van der Waals surface area contributed by atoms with Crippen LogP contribution in [0.3, 0.4) is 0 Å². The van der Waals surface area contributed by atoms with E-state index >= 15 is 0 Å². The lowest BCUT2D eigenvalue weighted by Gasteiger charge is -2.09. The number of anilines is 1. The highest BCUT2D eigenvalue weighted by Gasteiger charge is 2.20. The molecule has 0 unspecified atom stereocenters. The van der Waals surface area contributed by atoms with Crippen LogP contribution in [0.15, 0.2) is 42.5 Å². The molecule has 1 amide bonds. The number of hydrogen-bond donors (Lipinski definition) is 1. The summed E-state index contributed by atoms with van der Waals surface area (Å²) < 4.78 is 56.9. The van der Waals surface area contributed by atoms with E-state index in [9.17, 15) is 22.4 Å². The summed E-state index contributed by atoms with van der Waals surface area (Å²) in [5.41, 5.74) is 0.649. The van der Waals surface area contributed by atoms with Crippen molar-refractivity contribution in [3.8, 4) is 11.4 Å². The normalized spacial score (nSPS) is 10.9. The Bertz CT molecular complexity index is 990. The number of aromatic nitrogens is 3. The molecular formula is C18H14F4N4O2. The predicted octanol–water partition coefficient (Wildman–Crippen LogP) is 3.96. The van der Waals surface area contributed by atoms with Gasteiger partial charge in [0.15, 0.2) is 5.69 Å². The number of carbonyl (C=O) groups excluding carboxylic acids is 1. The lowest BCUT2D eigenvalue weighted by Crippen LogP contribution is -2.16. The molecule has 0 spiro atoms. The summed E-state index contributed by atoms with van der Waals surface area (Å²) in [5, 5.41) is 10.1. The topological polar surface area (TPSA) is 69.0 Å². The van der Waals surface area contributed by atoms with E-state index < -0.39 is 24.2 Å². The van der Waals surface area contributed by atoms with Crippen molar-refractivity contribution in [2.75, 3.05) is 5.32 Å². The lowest BCUT2D eigenvalue weighted by atomic mass is 10.2. The van der Waals surface area contributed by atoms with Crippen LogP contribution >= 0.6 is 0 Å². The largest absolute Gasteiger partial charge is 0.435 e. The molecule has 3 rings (SSSR count). The SMILES string of the molecule is CCc1c(C(=O)Nc2ccc(F)cc2F)nnn1-c1ccc(OC(F)F)cc1. The Morgan fingerprint density at radius 3 is 2.50 bits per heavy atom. The van der Waals surface area contributed by atoms with Crippen molar-refractivity contribution in [3.05, 3.63) is 65.5 Å². The van der Waals surface area contributed by atoms with Crippen molar-refractivity contribution >= 4 is 11.6 Å². The second-order valence-electron chi connectivity index (χ2n) is 5.60. The summed E-state index contributed by atoms with van der Waals surface area (Å²) in [6, 6.07) is 8.38. The second kappa shape index (κ2) is 8.07. The zero-order valence-corrected chi connectivity index (χ0v) is 14.5. The average Bonchev–Trinajstić information content (AvgIpc) is 3.08. The van der Waals surface area contributed by atoms with Crippen molar-refractivity contribution in [2.24, 2.45) is 0 Å². The van der Waals surface area contributed by atoms with E-state index in [2.05, 4.69) is 20.4 Å². The van der Waals surface area contributed by atoms with Gasteiger partial charge in [0, 0.05) is 6.07 Å². The number of amides is 1. The van der Waals surface area contributed by atoms with Gasteiger partial charge in [0.25, 0.3) is 5.91 Å². The van der Waals surface area contributed by atoms with Crippen LogP contribution in [-0.2, 0) is 6.42 Å². The second-order valence-corrected chi connectivity index (χ2v) is 5.60. The van der Waals surface area contributed by atoms with Crippen LogP contribution in [0.4, 0.5) is 23.2 Å². The Labute approximate surface area is 156 Å². The van der Waals surface area contributed by atoms with E-state index in [1.807, 2.05) is 0 Å². The first kappa shape index (κ1) is 19.3. The zero-order chi connectivity index (χ0) is 20.3. The molecule has 0 atom stereocenters. The number of carbonyl (C=O) groups is 1. The standard InChI is InChI=1S/C18H14F4N4O2/c1-2-15-16(17(27)23-14-8-3-10(19)9-13(14)20)24-25-26(15)11-4-6-12(7-5-11)28-18(21)22/h3-9,18H,2H2,1H3,(H,23,27). The van der Waals surface area contributed by atoms with Gasteiger partial charge >= 0.3 is 6.61 Å². The fraction of sp³-hybridized carbons (Fsp3) is 0.167. The first-order chi connectivity index (χ1) is 13.4. The van der Waals surface area contributed by atoms with Gasteiger partial charge < -0.3 is 10.1 Å². The highest BCUT2D eigenvalue weighted by Crippen LogP contribution is 2.21. The fourth-order valence-corrected chi connectivity index (χ4v) is 2.54. The minimum Gasteiger partial charge on any atom is -0.435 e. The van der Waals surface area contributed by atoms with Gasteiger partial charge in [-0.3, -0.25) is 4.79 Å². The summed E-state index contributed by atoms with van der Waals surface area (Å²) in [4.78, 5) is 12.5. The third-order valence-electron chi connectivity index (χ3n) is 3.80. The third kappa shape index (κ3) is 4.11. The van der Waals surface area contributed by atoms with Crippen molar-refractivity contribution in [2.45, 2.75) is 20.0 Å². The van der Waals surface area contributed by atoms with Crippen LogP contribution in [0.5, 0.6) is 5.75 Å². The minimum atomic E-state index is -2.94. The number of nitrogens with zero attached hydrogens (tertiary/aromatic N) is 3. The van der Waals surface area contributed by atoms with Crippen LogP contribution < -0.4 is 10.1 Å². The van der Waals surface area contributed by atoms with E-state index in [1.54, 1.807) is 6.92 Å². The summed E-state index contributed by atoms with van der Waals surface area (Å²) >= 11 is 0. The Morgan fingerprint density at radius 2 is 1.89 bits per heavy atom. The van der Waals surface area contributed by atoms with Crippen LogP contribution in [0, 0.1) is 11.6 Å². The molecule has 0 saturated heterocycles. The van der Waals surface area contributed by atoms with Gasteiger partial charge in [-0.2, -0.15) is 8.78 Å². The number of alkyl halides is 2. The highest BCUT2D eigenvalue weighted by molar-refractivity contribution is 6.03. The Hall–Kier alpha value is -3.43. The molecule has 1 aromatic heterocycles. The smallest absolute Gasteiger partial charge is 0.387 e. The number of halogens is 4. The average molecular weight is 394 g/mol. The van der Waals surface area contributed by atoms with E-state index in [1.165, 1.54) is 28.9 Å². The monoisotopic (exact) mass is 394 g/mol. The van der Waals surface area contributed by atoms with Crippen LogP contribution in [0.1, 0.15) is 23.1 Å². The van der Waals surface area contributed by atoms with E-state index in [0.29, 0.717) is 23.9 Å². The van der Waals surface area contributed by atoms with Gasteiger partial charge in [0.1, 0.15) is 17.4 Å². The third-order valence-corrected chi connectivity index (χ3v) is 3.80. The van der Waals surface area contributed by atoms with Crippen molar-refractivity contribution in [1.82, 2.24) is 15.0 Å². The van der Waals surface area contributed by atoms with E-state index in [4.69, 9.17) is 0 Å². The number of rotatable bonds is 6. The molecule has 0 aliphatic carbocycles. The van der Waals surface area contributed by atoms with Gasteiger partial charge in [-0.15, -0.1) is 5.10 Å². The summed E-state index contributed by atoms with van der Waals surface area (Å²) in [6.07, 6.45) is 0.358. The molecule has 146 valence electrons. The number of hydrogen-bond acceptors (Lipinski definition) is 4. The maximum atomic E-state index is 13.7. The molecule has 6 nitrogen and oxygen atoms in total. The molecule has 28 heavy (non-hydrogen) atoms. The van der Waals surface area contributed by atoms with Crippen LogP contribution in [0.2, 0.25) is 0 Å². The van der Waals surface area contributed by atoms with E-state index in [0.717, 1.165) is 12.1 Å². The quantitative estimate of drug-likeness (QED) is 0.643. The predicted molar refractivity (Wildman–Crippen MR) is 91.7 cm³/mol. The summed E-state index contributed by atoms with van der Waals surface area (Å²) in [5.74, 6) is -2.43. The van der Waals surface area contributed by atoms with Gasteiger partial charge in [-0.05, 0) is 42.8 Å². The maximum Gasteiger partial charge on any atom is 0.387 e. The molecule has 0 bridgehead atoms. The molecule has 2 aromatic carbocycles. The molecular weight excluding hydrogens is 380 g/mol. The van der Waals surface area contributed by atoms with Gasteiger partial charge in [-0.1, -0.05) is 12.1 Å². The summed E-state index contributed by atoms with van der Waals surface area (Å²) in [7, 11) is 0. The first-order valence-electron chi connectivity index (χ1n) is 8.15. The number of benzene rings is 2. The van der Waals surface area contributed by atoms with Crippen molar-refractivity contribution in [3.63, 3.8) is 0 Å². The fourth-order valence-electron chi connectivity index (χ4n) is 2.54. The highest BCUT2D eigenvalue weighted by atomic mass is 19.3. The molecule has 0 fully saturated rings. The van der Waals surface area contributed by atoms with Crippen LogP contribution in [-0.4, -0.2) is 27.5 Å².